The first-order valence-electron chi connectivity index (χ1n) is 5.71. The number of sulfone groups is 1. The Hall–Kier alpha value is -1.21. The van der Waals surface area contributed by atoms with E-state index in [9.17, 15) is 17.2 Å². The molecule has 0 N–H and O–H groups in total. The Morgan fingerprint density at radius 3 is 2.32 bits per heavy atom. The van der Waals surface area contributed by atoms with Gasteiger partial charge in [-0.25, -0.2) is 8.42 Å². The van der Waals surface area contributed by atoms with Gasteiger partial charge in [-0.1, -0.05) is 0 Å². The predicted molar refractivity (Wildman–Crippen MR) is 69.4 cm³/mol. The van der Waals surface area contributed by atoms with E-state index in [1.165, 1.54) is 24.3 Å². The molecule has 0 saturated carbocycles. The van der Waals surface area contributed by atoms with Crippen LogP contribution in [-0.2, 0) is 14.6 Å². The van der Waals surface area contributed by atoms with Crippen molar-refractivity contribution in [2.45, 2.75) is 17.1 Å². The second-order valence-corrected chi connectivity index (χ2v) is 5.99. The Bertz CT molecular complexity index is 488. The fourth-order valence-corrected chi connectivity index (χ4v) is 2.29. The van der Waals surface area contributed by atoms with Crippen molar-refractivity contribution in [2.24, 2.45) is 0 Å². The fourth-order valence-electron chi connectivity index (χ4n) is 1.57. The molecule has 0 atom stereocenters. The zero-order valence-corrected chi connectivity index (χ0v) is 11.7. The van der Waals surface area contributed by atoms with Gasteiger partial charge in [0.1, 0.15) is 0 Å². The smallest absolute Gasteiger partial charge is 0.341 e. The third kappa shape index (κ3) is 4.14. The minimum Gasteiger partial charge on any atom is -0.385 e. The summed E-state index contributed by atoms with van der Waals surface area (Å²) in [6.07, 6.45) is 0.823. The van der Waals surface area contributed by atoms with Crippen molar-refractivity contribution >= 4 is 15.5 Å². The molecule has 0 spiro atoms. The normalized spacial score (nSPS) is 11.8. The van der Waals surface area contributed by atoms with E-state index in [4.69, 9.17) is 4.74 Å². The lowest BCUT2D eigenvalue weighted by molar-refractivity contribution is 0.196. The molecule has 0 aliphatic rings. The standard InChI is InChI=1S/C12H17F2NO3S/c1-15(8-3-9-18-2)10-4-6-11(7-5-10)19(16,17)12(13)14/h4-7,12H,3,8-9H2,1-2H3. The van der Waals surface area contributed by atoms with Gasteiger partial charge in [-0.3, -0.25) is 0 Å². The Kier molecular flexibility index (Phi) is 5.68. The number of benzene rings is 1. The fraction of sp³-hybridized carbons (Fsp3) is 0.500. The van der Waals surface area contributed by atoms with Gasteiger partial charge in [0.25, 0.3) is 0 Å². The van der Waals surface area contributed by atoms with Crippen molar-refractivity contribution in [1.29, 1.82) is 0 Å². The Balaban J connectivity index is 2.77. The topological polar surface area (TPSA) is 46.6 Å². The number of rotatable bonds is 7. The van der Waals surface area contributed by atoms with Crippen LogP contribution in [0.3, 0.4) is 0 Å². The lowest BCUT2D eigenvalue weighted by Crippen LogP contribution is -2.19. The summed E-state index contributed by atoms with van der Waals surface area (Å²) >= 11 is 0. The van der Waals surface area contributed by atoms with Crippen LogP contribution in [0.5, 0.6) is 0 Å². The van der Waals surface area contributed by atoms with Gasteiger partial charge in [0.2, 0.25) is 9.84 Å². The molecule has 0 radical (unpaired) electrons. The van der Waals surface area contributed by atoms with Gasteiger partial charge in [-0.05, 0) is 30.7 Å². The molecule has 4 nitrogen and oxygen atoms in total. The molecule has 0 amide bonds. The summed E-state index contributed by atoms with van der Waals surface area (Å²) in [4.78, 5) is 1.54. The van der Waals surface area contributed by atoms with Crippen molar-refractivity contribution in [3.63, 3.8) is 0 Å². The van der Waals surface area contributed by atoms with Crippen LogP contribution in [0.25, 0.3) is 0 Å². The summed E-state index contributed by atoms with van der Waals surface area (Å²) in [6.45, 7) is 1.36. The summed E-state index contributed by atoms with van der Waals surface area (Å²) in [6, 6.07) is 5.43. The molecular weight excluding hydrogens is 276 g/mol. The van der Waals surface area contributed by atoms with Crippen LogP contribution in [0.15, 0.2) is 29.2 Å². The number of nitrogens with zero attached hydrogens (tertiary/aromatic N) is 1. The molecule has 0 aliphatic heterocycles. The number of methoxy groups -OCH3 is 1. The second kappa shape index (κ2) is 6.81. The van der Waals surface area contributed by atoms with Crippen molar-refractivity contribution in [3.05, 3.63) is 24.3 Å². The van der Waals surface area contributed by atoms with Gasteiger partial charge in [0.05, 0.1) is 4.90 Å². The summed E-state index contributed by atoms with van der Waals surface area (Å²) in [7, 11) is -1.06. The van der Waals surface area contributed by atoms with E-state index in [0.29, 0.717) is 6.61 Å². The van der Waals surface area contributed by atoms with Gasteiger partial charge in [-0.2, -0.15) is 8.78 Å². The minimum absolute atomic E-state index is 0.364. The van der Waals surface area contributed by atoms with E-state index in [1.807, 2.05) is 11.9 Å². The van der Waals surface area contributed by atoms with Crippen LogP contribution < -0.4 is 4.90 Å². The number of alkyl halides is 2. The number of hydrogen-bond acceptors (Lipinski definition) is 4. The first kappa shape index (κ1) is 15.8. The van der Waals surface area contributed by atoms with Crippen LogP contribution in [0.2, 0.25) is 0 Å². The second-order valence-electron chi connectivity index (χ2n) is 4.07. The number of hydrogen-bond donors (Lipinski definition) is 0. The SMILES string of the molecule is COCCCN(C)c1ccc(S(=O)(=O)C(F)F)cc1. The van der Waals surface area contributed by atoms with E-state index >= 15 is 0 Å². The van der Waals surface area contributed by atoms with Gasteiger partial charge in [0.15, 0.2) is 0 Å². The molecule has 1 aromatic rings. The van der Waals surface area contributed by atoms with Gasteiger partial charge < -0.3 is 9.64 Å². The Morgan fingerprint density at radius 1 is 1.26 bits per heavy atom. The Labute approximate surface area is 111 Å². The maximum atomic E-state index is 12.4. The first-order valence-corrected chi connectivity index (χ1v) is 7.26. The van der Waals surface area contributed by atoms with Crippen molar-refractivity contribution in [1.82, 2.24) is 0 Å². The van der Waals surface area contributed by atoms with Crippen molar-refractivity contribution < 1.29 is 21.9 Å². The molecule has 0 saturated heterocycles. The van der Waals surface area contributed by atoms with Crippen LogP contribution in [-0.4, -0.2) is 41.5 Å². The molecule has 1 aromatic carbocycles. The lowest BCUT2D eigenvalue weighted by atomic mass is 10.3. The largest absolute Gasteiger partial charge is 0.385 e. The van der Waals surface area contributed by atoms with E-state index < -0.39 is 15.6 Å². The molecule has 0 unspecified atom stereocenters. The highest BCUT2D eigenvalue weighted by Crippen LogP contribution is 2.21. The summed E-state index contributed by atoms with van der Waals surface area (Å²) < 4.78 is 52.1. The molecule has 0 aromatic heterocycles. The van der Waals surface area contributed by atoms with Crippen LogP contribution >= 0.6 is 0 Å². The molecule has 0 aliphatic carbocycles. The highest BCUT2D eigenvalue weighted by molar-refractivity contribution is 7.91. The zero-order chi connectivity index (χ0) is 14.5. The van der Waals surface area contributed by atoms with Crippen LogP contribution in [0.4, 0.5) is 14.5 Å². The molecule has 0 fully saturated rings. The maximum absolute atomic E-state index is 12.4. The summed E-state index contributed by atoms with van der Waals surface area (Å²) in [5.74, 6) is -3.39. The maximum Gasteiger partial charge on any atom is 0.341 e. The molecule has 0 bridgehead atoms. The highest BCUT2D eigenvalue weighted by Gasteiger charge is 2.26. The number of ether oxygens (including phenoxy) is 1. The van der Waals surface area contributed by atoms with E-state index in [2.05, 4.69) is 0 Å². The third-order valence-electron chi connectivity index (χ3n) is 2.68. The third-order valence-corrected chi connectivity index (χ3v) is 4.08. The summed E-state index contributed by atoms with van der Waals surface area (Å²) in [5.41, 5.74) is 0.768. The van der Waals surface area contributed by atoms with E-state index in [1.54, 1.807) is 7.11 Å². The average molecular weight is 293 g/mol. The zero-order valence-electron chi connectivity index (χ0n) is 10.8. The number of halogens is 2. The van der Waals surface area contributed by atoms with Crippen LogP contribution in [0.1, 0.15) is 6.42 Å². The van der Waals surface area contributed by atoms with E-state index in [0.717, 1.165) is 18.7 Å². The lowest BCUT2D eigenvalue weighted by Gasteiger charge is -2.19. The van der Waals surface area contributed by atoms with Gasteiger partial charge >= 0.3 is 5.76 Å². The monoisotopic (exact) mass is 293 g/mol. The number of anilines is 1. The molecule has 0 heterocycles. The molecule has 1 rings (SSSR count). The molecule has 108 valence electrons. The van der Waals surface area contributed by atoms with Crippen molar-refractivity contribution in [2.75, 3.05) is 32.2 Å². The Morgan fingerprint density at radius 2 is 1.84 bits per heavy atom. The predicted octanol–water partition coefficient (Wildman–Crippen LogP) is 2.16. The highest BCUT2D eigenvalue weighted by atomic mass is 32.2. The molecule has 7 heteroatoms. The van der Waals surface area contributed by atoms with Gasteiger partial charge in [0, 0.05) is 33.0 Å². The average Bonchev–Trinajstić information content (AvgIpc) is 2.39. The van der Waals surface area contributed by atoms with Crippen LogP contribution in [0, 0.1) is 0 Å². The molecular formula is C12H17F2NO3S. The van der Waals surface area contributed by atoms with E-state index in [-0.39, 0.29) is 4.90 Å². The minimum atomic E-state index is -4.51. The van der Waals surface area contributed by atoms with Gasteiger partial charge in [-0.15, -0.1) is 0 Å². The van der Waals surface area contributed by atoms with Crippen molar-refractivity contribution in [3.8, 4) is 0 Å². The summed E-state index contributed by atoms with van der Waals surface area (Å²) in [5, 5.41) is 0. The molecule has 19 heavy (non-hydrogen) atoms. The quantitative estimate of drug-likeness (QED) is 0.723. The first-order chi connectivity index (χ1) is 8.89.